The summed E-state index contributed by atoms with van der Waals surface area (Å²) in [6, 6.07) is 11.5. The van der Waals surface area contributed by atoms with E-state index in [1.165, 1.54) is 6.33 Å². The molecule has 0 atom stereocenters. The van der Waals surface area contributed by atoms with Crippen LogP contribution in [0.25, 0.3) is 27.8 Å². The van der Waals surface area contributed by atoms with Gasteiger partial charge in [0.1, 0.15) is 11.0 Å². The van der Waals surface area contributed by atoms with E-state index < -0.39 is 0 Å². The van der Waals surface area contributed by atoms with Gasteiger partial charge in [0.25, 0.3) is 5.56 Å². The Labute approximate surface area is 125 Å². The van der Waals surface area contributed by atoms with Gasteiger partial charge in [-0.25, -0.2) is 4.98 Å². The Bertz CT molecular complexity index is 989. The molecule has 6 heteroatoms. The van der Waals surface area contributed by atoms with Crippen molar-refractivity contribution in [1.29, 1.82) is 0 Å². The molecule has 3 heterocycles. The van der Waals surface area contributed by atoms with Gasteiger partial charge in [-0.3, -0.25) is 4.79 Å². The highest BCUT2D eigenvalue weighted by molar-refractivity contribution is 5.93. The molecular weight excluding hydrogens is 278 g/mol. The lowest BCUT2D eigenvalue weighted by atomic mass is 10.1. The van der Waals surface area contributed by atoms with Crippen LogP contribution in [0.5, 0.6) is 0 Å². The summed E-state index contributed by atoms with van der Waals surface area (Å²) in [4.78, 5) is 19.2. The molecule has 0 saturated heterocycles. The van der Waals surface area contributed by atoms with Crippen LogP contribution in [0.3, 0.4) is 0 Å². The molecule has 0 bridgehead atoms. The molecule has 0 fully saturated rings. The Kier molecular flexibility index (Phi) is 2.79. The maximum Gasteiger partial charge on any atom is 0.275 e. The first-order chi connectivity index (χ1) is 10.8. The third-order valence-electron chi connectivity index (χ3n) is 3.51. The Morgan fingerprint density at radius 2 is 1.91 bits per heavy atom. The number of fused-ring (bicyclic) bond motifs is 1. The van der Waals surface area contributed by atoms with Gasteiger partial charge in [-0.2, -0.15) is 10.2 Å². The zero-order chi connectivity index (χ0) is 14.9. The van der Waals surface area contributed by atoms with Gasteiger partial charge in [-0.1, -0.05) is 18.2 Å². The maximum absolute atomic E-state index is 12.3. The molecule has 4 aromatic rings. The van der Waals surface area contributed by atoms with Gasteiger partial charge >= 0.3 is 0 Å². The predicted molar refractivity (Wildman–Crippen MR) is 82.7 cm³/mol. The van der Waals surface area contributed by atoms with Gasteiger partial charge in [0.05, 0.1) is 18.7 Å². The lowest BCUT2D eigenvalue weighted by molar-refractivity contribution is 1.03. The molecule has 4 rings (SSSR count). The molecule has 1 aromatic carbocycles. The second-order valence-electron chi connectivity index (χ2n) is 4.81. The van der Waals surface area contributed by atoms with Crippen molar-refractivity contribution >= 4 is 11.0 Å². The van der Waals surface area contributed by atoms with Gasteiger partial charge in [0, 0.05) is 23.0 Å². The minimum atomic E-state index is -0.179. The number of aromatic amines is 1. The predicted octanol–water partition coefficient (Wildman–Crippen LogP) is 2.17. The van der Waals surface area contributed by atoms with Crippen LogP contribution < -0.4 is 5.56 Å². The number of hydrogen-bond acceptors (Lipinski definition) is 4. The molecule has 22 heavy (non-hydrogen) atoms. The number of nitrogens with zero attached hydrogens (tertiary/aromatic N) is 4. The Balaban J connectivity index is 2.09. The van der Waals surface area contributed by atoms with Gasteiger partial charge < -0.3 is 9.55 Å². The second kappa shape index (κ2) is 4.92. The molecule has 0 aliphatic heterocycles. The number of aromatic nitrogens is 5. The van der Waals surface area contributed by atoms with Gasteiger partial charge in [0.2, 0.25) is 0 Å². The topological polar surface area (TPSA) is 76.5 Å². The van der Waals surface area contributed by atoms with E-state index in [0.717, 1.165) is 16.8 Å². The summed E-state index contributed by atoms with van der Waals surface area (Å²) in [6.07, 6.45) is 6.60. The summed E-state index contributed by atoms with van der Waals surface area (Å²) in [7, 11) is 0. The van der Waals surface area contributed by atoms with Crippen LogP contribution in [0.1, 0.15) is 0 Å². The molecule has 0 amide bonds. The third-order valence-corrected chi connectivity index (χ3v) is 3.51. The molecule has 0 saturated carbocycles. The minimum absolute atomic E-state index is 0.179. The monoisotopic (exact) mass is 289 g/mol. The molecule has 3 aromatic heterocycles. The summed E-state index contributed by atoms with van der Waals surface area (Å²) in [6.45, 7) is 0. The van der Waals surface area contributed by atoms with Crippen molar-refractivity contribution < 1.29 is 0 Å². The van der Waals surface area contributed by atoms with Crippen LogP contribution >= 0.6 is 0 Å². The molecule has 0 aliphatic rings. The van der Waals surface area contributed by atoms with Crippen LogP contribution in [-0.2, 0) is 0 Å². The maximum atomic E-state index is 12.3. The van der Waals surface area contributed by atoms with E-state index in [1.807, 2.05) is 47.2 Å². The fourth-order valence-corrected chi connectivity index (χ4v) is 2.52. The summed E-state index contributed by atoms with van der Waals surface area (Å²) in [5.74, 6) is 0. The Morgan fingerprint density at radius 1 is 1.05 bits per heavy atom. The van der Waals surface area contributed by atoms with Crippen molar-refractivity contribution in [3.8, 4) is 16.8 Å². The van der Waals surface area contributed by atoms with E-state index in [-0.39, 0.29) is 5.56 Å². The van der Waals surface area contributed by atoms with Crippen molar-refractivity contribution in [3.63, 3.8) is 0 Å². The van der Waals surface area contributed by atoms with Crippen LogP contribution in [0.15, 0.2) is 66.1 Å². The SMILES string of the molecule is O=c1[nH]cnc2c(-c3ccnnc3)cn(-c3ccccc3)c12. The minimum Gasteiger partial charge on any atom is -0.311 e. The van der Waals surface area contributed by atoms with E-state index in [2.05, 4.69) is 20.2 Å². The first kappa shape index (κ1) is 12.5. The summed E-state index contributed by atoms with van der Waals surface area (Å²) < 4.78 is 1.84. The Morgan fingerprint density at radius 3 is 2.68 bits per heavy atom. The first-order valence-corrected chi connectivity index (χ1v) is 6.76. The summed E-state index contributed by atoms with van der Waals surface area (Å²) in [5.41, 5.74) is 3.59. The molecule has 0 spiro atoms. The summed E-state index contributed by atoms with van der Waals surface area (Å²) in [5, 5.41) is 7.69. The standard InChI is InChI=1S/C16H11N5O/c22-16-15-14(17-10-18-16)13(11-6-7-19-20-8-11)9-21(15)12-4-2-1-3-5-12/h1-10H,(H,17,18,22). The summed E-state index contributed by atoms with van der Waals surface area (Å²) >= 11 is 0. The zero-order valence-corrected chi connectivity index (χ0v) is 11.5. The highest BCUT2D eigenvalue weighted by Crippen LogP contribution is 2.28. The molecular formula is C16H11N5O. The van der Waals surface area contributed by atoms with Crippen molar-refractivity contribution in [3.05, 3.63) is 71.7 Å². The van der Waals surface area contributed by atoms with E-state index in [0.29, 0.717) is 11.0 Å². The van der Waals surface area contributed by atoms with Crippen molar-refractivity contribution in [2.24, 2.45) is 0 Å². The van der Waals surface area contributed by atoms with Crippen LogP contribution in [-0.4, -0.2) is 24.7 Å². The largest absolute Gasteiger partial charge is 0.311 e. The fourth-order valence-electron chi connectivity index (χ4n) is 2.52. The smallest absolute Gasteiger partial charge is 0.275 e. The number of hydrogen-bond donors (Lipinski definition) is 1. The number of benzene rings is 1. The quantitative estimate of drug-likeness (QED) is 0.613. The van der Waals surface area contributed by atoms with Crippen LogP contribution in [0.2, 0.25) is 0 Å². The molecule has 1 N–H and O–H groups in total. The molecule has 0 aliphatic carbocycles. The van der Waals surface area contributed by atoms with E-state index in [1.54, 1.807) is 12.4 Å². The normalized spacial score (nSPS) is 10.9. The average molecular weight is 289 g/mol. The highest BCUT2D eigenvalue weighted by atomic mass is 16.1. The Hall–Kier alpha value is -3.28. The van der Waals surface area contributed by atoms with E-state index >= 15 is 0 Å². The fraction of sp³-hybridized carbons (Fsp3) is 0. The molecule has 106 valence electrons. The highest BCUT2D eigenvalue weighted by Gasteiger charge is 2.15. The van der Waals surface area contributed by atoms with E-state index in [4.69, 9.17) is 0 Å². The zero-order valence-electron chi connectivity index (χ0n) is 11.5. The first-order valence-electron chi connectivity index (χ1n) is 6.76. The third kappa shape index (κ3) is 1.89. The number of rotatable bonds is 2. The number of nitrogens with one attached hydrogen (secondary N) is 1. The van der Waals surface area contributed by atoms with E-state index in [9.17, 15) is 4.79 Å². The van der Waals surface area contributed by atoms with Crippen molar-refractivity contribution in [2.75, 3.05) is 0 Å². The van der Waals surface area contributed by atoms with Gasteiger partial charge in [0.15, 0.2) is 0 Å². The second-order valence-corrected chi connectivity index (χ2v) is 4.81. The van der Waals surface area contributed by atoms with Gasteiger partial charge in [-0.05, 0) is 18.2 Å². The van der Waals surface area contributed by atoms with Gasteiger partial charge in [-0.15, -0.1) is 0 Å². The van der Waals surface area contributed by atoms with Crippen LogP contribution in [0.4, 0.5) is 0 Å². The molecule has 0 unspecified atom stereocenters. The van der Waals surface area contributed by atoms with Crippen molar-refractivity contribution in [1.82, 2.24) is 24.7 Å². The number of para-hydroxylation sites is 1. The molecule has 6 nitrogen and oxygen atoms in total. The number of H-pyrrole nitrogens is 1. The van der Waals surface area contributed by atoms with Crippen LogP contribution in [0, 0.1) is 0 Å². The molecule has 0 radical (unpaired) electrons. The van der Waals surface area contributed by atoms with Crippen molar-refractivity contribution in [2.45, 2.75) is 0 Å². The average Bonchev–Trinajstić information content (AvgIpc) is 2.98. The lowest BCUT2D eigenvalue weighted by Gasteiger charge is -2.03. The lowest BCUT2D eigenvalue weighted by Crippen LogP contribution is -2.09.